The van der Waals surface area contributed by atoms with Crippen LogP contribution < -0.4 is 4.74 Å². The molecule has 0 saturated carbocycles. The fourth-order valence-corrected chi connectivity index (χ4v) is 1.03. The highest BCUT2D eigenvalue weighted by Crippen LogP contribution is 2.28. The van der Waals surface area contributed by atoms with Crippen LogP contribution in [-0.4, -0.2) is 23.5 Å². The molecule has 5 nitrogen and oxygen atoms in total. The van der Waals surface area contributed by atoms with Gasteiger partial charge in [0.05, 0.1) is 11.3 Å². The van der Waals surface area contributed by atoms with Crippen LogP contribution in [-0.2, 0) is 4.79 Å². The highest BCUT2D eigenvalue weighted by Gasteiger charge is 2.31. The van der Waals surface area contributed by atoms with Crippen LogP contribution in [0.3, 0.4) is 0 Å². The fourth-order valence-electron chi connectivity index (χ4n) is 1.03. The normalized spacial score (nSPS) is 10.5. The Bertz CT molecular complexity index is 492. The van der Waals surface area contributed by atoms with E-state index in [1.165, 1.54) is 0 Å². The van der Waals surface area contributed by atoms with Crippen LogP contribution in [0.1, 0.15) is 10.4 Å². The van der Waals surface area contributed by atoms with Crippen molar-refractivity contribution < 1.29 is 32.6 Å². The van der Waals surface area contributed by atoms with E-state index < -0.39 is 23.6 Å². The molecule has 0 atom stereocenters. The lowest BCUT2D eigenvalue weighted by Gasteiger charge is -2.09. The van der Waals surface area contributed by atoms with Crippen LogP contribution in [0.5, 0.6) is 5.75 Å². The number of carbonyl (C=O) groups excluding carboxylic acids is 1. The fraction of sp³-hybridized carbons (Fsp3) is 0.111. The minimum Gasteiger partial charge on any atom is -0.478 e. The molecule has 90 valence electrons. The first-order chi connectivity index (χ1) is 7.83. The summed E-state index contributed by atoms with van der Waals surface area (Å²) in [7, 11) is 0. The zero-order valence-corrected chi connectivity index (χ0v) is 7.99. The molecule has 8 heteroatoms. The number of halogens is 3. The van der Waals surface area contributed by atoms with E-state index in [0.717, 1.165) is 18.2 Å². The van der Waals surface area contributed by atoms with Gasteiger partial charge in [-0.2, -0.15) is 4.99 Å². The van der Waals surface area contributed by atoms with Crippen LogP contribution in [0.25, 0.3) is 0 Å². The number of hydrogen-bond donors (Lipinski definition) is 1. The first-order valence-corrected chi connectivity index (χ1v) is 4.04. The van der Waals surface area contributed by atoms with Gasteiger partial charge in [0.1, 0.15) is 5.75 Å². The molecule has 0 bridgehead atoms. The van der Waals surface area contributed by atoms with Crippen molar-refractivity contribution in [2.75, 3.05) is 0 Å². The van der Waals surface area contributed by atoms with Crippen molar-refractivity contribution in [2.45, 2.75) is 6.36 Å². The van der Waals surface area contributed by atoms with Crippen molar-refractivity contribution in [3.05, 3.63) is 23.8 Å². The summed E-state index contributed by atoms with van der Waals surface area (Å²) in [5, 5.41) is 8.69. The van der Waals surface area contributed by atoms with Crippen molar-refractivity contribution in [3.8, 4) is 5.75 Å². The van der Waals surface area contributed by atoms with Gasteiger partial charge in [0.2, 0.25) is 6.08 Å². The molecular weight excluding hydrogens is 243 g/mol. The van der Waals surface area contributed by atoms with E-state index in [2.05, 4.69) is 9.73 Å². The van der Waals surface area contributed by atoms with E-state index in [-0.39, 0.29) is 5.69 Å². The molecule has 1 rings (SSSR count). The van der Waals surface area contributed by atoms with Crippen molar-refractivity contribution in [1.29, 1.82) is 0 Å². The molecule has 0 aliphatic rings. The lowest BCUT2D eigenvalue weighted by atomic mass is 10.2. The van der Waals surface area contributed by atoms with E-state index in [0.29, 0.717) is 6.07 Å². The minimum atomic E-state index is -4.93. The maximum absolute atomic E-state index is 11.9. The third-order valence-corrected chi connectivity index (χ3v) is 1.60. The summed E-state index contributed by atoms with van der Waals surface area (Å²) < 4.78 is 39.1. The second-order valence-electron chi connectivity index (χ2n) is 2.74. The van der Waals surface area contributed by atoms with Crippen LogP contribution in [0.15, 0.2) is 23.2 Å². The Hall–Kier alpha value is -2.34. The lowest BCUT2D eigenvalue weighted by Crippen LogP contribution is -2.17. The zero-order valence-electron chi connectivity index (χ0n) is 7.99. The Morgan fingerprint density at radius 2 is 2.06 bits per heavy atom. The second kappa shape index (κ2) is 4.67. The van der Waals surface area contributed by atoms with E-state index in [1.54, 1.807) is 0 Å². The topological polar surface area (TPSA) is 76.0 Å². The maximum Gasteiger partial charge on any atom is 0.573 e. The van der Waals surface area contributed by atoms with Gasteiger partial charge in [0, 0.05) is 0 Å². The average Bonchev–Trinajstić information content (AvgIpc) is 2.18. The first kappa shape index (κ1) is 12.7. The van der Waals surface area contributed by atoms with E-state index in [4.69, 9.17) is 5.11 Å². The summed E-state index contributed by atoms with van der Waals surface area (Å²) in [5.74, 6) is -2.24. The quantitative estimate of drug-likeness (QED) is 0.656. The van der Waals surface area contributed by atoms with Crippen molar-refractivity contribution in [2.24, 2.45) is 4.99 Å². The largest absolute Gasteiger partial charge is 0.573 e. The predicted octanol–water partition coefficient (Wildman–Crippen LogP) is 2.25. The number of isocyanates is 1. The highest BCUT2D eigenvalue weighted by molar-refractivity contribution is 5.94. The van der Waals surface area contributed by atoms with Gasteiger partial charge in [-0.15, -0.1) is 13.2 Å². The molecule has 0 fully saturated rings. The summed E-state index contributed by atoms with van der Waals surface area (Å²) in [6, 6.07) is 2.37. The van der Waals surface area contributed by atoms with Crippen LogP contribution in [0.4, 0.5) is 18.9 Å². The molecule has 1 aromatic carbocycles. The van der Waals surface area contributed by atoms with Gasteiger partial charge >= 0.3 is 12.3 Å². The second-order valence-corrected chi connectivity index (χ2v) is 2.74. The smallest absolute Gasteiger partial charge is 0.478 e. The van der Waals surface area contributed by atoms with Crippen LogP contribution in [0.2, 0.25) is 0 Å². The monoisotopic (exact) mass is 247 g/mol. The molecular formula is C9H4F3NO4. The standard InChI is InChI=1S/C9H4F3NO4/c10-9(11,12)17-5-1-2-7(13-4-14)6(3-5)8(15)16/h1-3H,(H,15,16). The molecule has 0 aliphatic heterocycles. The number of carboxylic acids is 1. The van der Waals surface area contributed by atoms with Gasteiger partial charge in [-0.25, -0.2) is 9.59 Å². The summed E-state index contributed by atoms with van der Waals surface area (Å²) in [6.07, 6.45) is -3.83. The Kier molecular flexibility index (Phi) is 3.49. The number of aromatic carboxylic acids is 1. The van der Waals surface area contributed by atoms with Gasteiger partial charge < -0.3 is 9.84 Å². The molecule has 0 spiro atoms. The van der Waals surface area contributed by atoms with Crippen LogP contribution >= 0.6 is 0 Å². The maximum atomic E-state index is 11.9. The van der Waals surface area contributed by atoms with Crippen molar-refractivity contribution in [3.63, 3.8) is 0 Å². The molecule has 1 N–H and O–H groups in total. The number of hydrogen-bond acceptors (Lipinski definition) is 4. The number of benzene rings is 1. The molecule has 0 radical (unpaired) electrons. The molecule has 1 aromatic rings. The summed E-state index contributed by atoms with van der Waals surface area (Å²) in [5.41, 5.74) is -0.892. The Balaban J connectivity index is 3.19. The number of ether oxygens (including phenoxy) is 1. The molecule has 0 saturated heterocycles. The molecule has 0 aromatic heterocycles. The Labute approximate surface area is 92.1 Å². The number of carboxylic acid groups (broad SMARTS) is 1. The summed E-state index contributed by atoms with van der Waals surface area (Å²) in [4.78, 5) is 23.7. The van der Waals surface area contributed by atoms with Gasteiger partial charge in [-0.1, -0.05) is 0 Å². The number of carbonyl (C=O) groups is 1. The van der Waals surface area contributed by atoms with Gasteiger partial charge in [-0.3, -0.25) is 0 Å². The summed E-state index contributed by atoms with van der Waals surface area (Å²) >= 11 is 0. The number of rotatable bonds is 3. The third-order valence-electron chi connectivity index (χ3n) is 1.60. The molecule has 0 aliphatic carbocycles. The molecule has 0 heterocycles. The van der Waals surface area contributed by atoms with Crippen molar-refractivity contribution in [1.82, 2.24) is 0 Å². The minimum absolute atomic E-state index is 0.304. The SMILES string of the molecule is O=C=Nc1ccc(OC(F)(F)F)cc1C(=O)O. The van der Waals surface area contributed by atoms with Gasteiger partial charge in [-0.05, 0) is 18.2 Å². The van der Waals surface area contributed by atoms with Crippen molar-refractivity contribution >= 4 is 17.7 Å². The van der Waals surface area contributed by atoms with E-state index in [9.17, 15) is 22.8 Å². The number of alkyl halides is 3. The molecule has 0 unspecified atom stereocenters. The summed E-state index contributed by atoms with van der Waals surface area (Å²) in [6.45, 7) is 0. The average molecular weight is 247 g/mol. The third kappa shape index (κ3) is 3.62. The van der Waals surface area contributed by atoms with Crippen LogP contribution in [0, 0.1) is 0 Å². The molecule has 17 heavy (non-hydrogen) atoms. The van der Waals surface area contributed by atoms with E-state index in [1.807, 2.05) is 0 Å². The number of aliphatic imine (C=N–C) groups is 1. The lowest BCUT2D eigenvalue weighted by molar-refractivity contribution is -0.274. The first-order valence-electron chi connectivity index (χ1n) is 4.04. The zero-order chi connectivity index (χ0) is 13.1. The predicted molar refractivity (Wildman–Crippen MR) is 47.9 cm³/mol. The van der Waals surface area contributed by atoms with Gasteiger partial charge in [0.15, 0.2) is 0 Å². The highest BCUT2D eigenvalue weighted by atomic mass is 19.4. The molecule has 0 amide bonds. The van der Waals surface area contributed by atoms with E-state index >= 15 is 0 Å². The van der Waals surface area contributed by atoms with Gasteiger partial charge in [0.25, 0.3) is 0 Å². The Morgan fingerprint density at radius 3 is 2.53 bits per heavy atom. The number of nitrogens with zero attached hydrogens (tertiary/aromatic N) is 1. The Morgan fingerprint density at radius 1 is 1.41 bits per heavy atom.